The predicted molar refractivity (Wildman–Crippen MR) is 71.4 cm³/mol. The van der Waals surface area contributed by atoms with Crippen LogP contribution in [0, 0.1) is 5.82 Å². The molecule has 0 bridgehead atoms. The maximum Gasteiger partial charge on any atom is 0.132 e. The Bertz CT molecular complexity index is 593. The quantitative estimate of drug-likeness (QED) is 0.834. The third kappa shape index (κ3) is 1.89. The maximum absolute atomic E-state index is 13.9. The van der Waals surface area contributed by atoms with Crippen molar-refractivity contribution >= 4 is 10.9 Å². The molecule has 0 radical (unpaired) electrons. The summed E-state index contributed by atoms with van der Waals surface area (Å²) in [6, 6.07) is 5.41. The molecule has 1 aliphatic heterocycles. The second-order valence-electron chi connectivity index (χ2n) is 4.80. The van der Waals surface area contributed by atoms with Gasteiger partial charge in [-0.1, -0.05) is 13.0 Å². The highest BCUT2D eigenvalue weighted by molar-refractivity contribution is 5.83. The standard InChI is InChI=1S/C15H17FN2/c1-2-10-3-4-13(16)12-9-11-5-7-17-8-6-14(11)18-15(10)12/h3-4,9,17H,2,5-8H2,1H3. The van der Waals surface area contributed by atoms with Gasteiger partial charge in [-0.15, -0.1) is 0 Å². The van der Waals surface area contributed by atoms with Crippen LogP contribution in [0.15, 0.2) is 18.2 Å². The minimum Gasteiger partial charge on any atom is -0.316 e. The number of rotatable bonds is 1. The molecule has 0 saturated heterocycles. The first-order valence-corrected chi connectivity index (χ1v) is 6.60. The van der Waals surface area contributed by atoms with E-state index in [4.69, 9.17) is 4.98 Å². The van der Waals surface area contributed by atoms with Gasteiger partial charge in [0.05, 0.1) is 5.52 Å². The summed E-state index contributed by atoms with van der Waals surface area (Å²) in [7, 11) is 0. The molecule has 0 unspecified atom stereocenters. The topological polar surface area (TPSA) is 24.9 Å². The summed E-state index contributed by atoms with van der Waals surface area (Å²) in [6.45, 7) is 4.00. The molecule has 1 N–H and O–H groups in total. The molecule has 0 spiro atoms. The van der Waals surface area contributed by atoms with Gasteiger partial charge in [0.25, 0.3) is 0 Å². The molecule has 0 atom stereocenters. The lowest BCUT2D eigenvalue weighted by Gasteiger charge is -2.10. The van der Waals surface area contributed by atoms with Crippen molar-refractivity contribution < 1.29 is 4.39 Å². The van der Waals surface area contributed by atoms with E-state index < -0.39 is 0 Å². The monoisotopic (exact) mass is 244 g/mol. The van der Waals surface area contributed by atoms with Gasteiger partial charge in [-0.3, -0.25) is 4.98 Å². The average Bonchev–Trinajstić information content (AvgIpc) is 2.62. The number of aromatic nitrogens is 1. The lowest BCUT2D eigenvalue weighted by molar-refractivity contribution is 0.638. The molecule has 2 nitrogen and oxygen atoms in total. The Morgan fingerprint density at radius 3 is 2.94 bits per heavy atom. The summed E-state index contributed by atoms with van der Waals surface area (Å²) >= 11 is 0. The summed E-state index contributed by atoms with van der Waals surface area (Å²) in [5.41, 5.74) is 4.30. The molecule has 3 heteroatoms. The Morgan fingerprint density at radius 2 is 2.11 bits per heavy atom. The molecule has 1 aromatic heterocycles. The van der Waals surface area contributed by atoms with E-state index >= 15 is 0 Å². The zero-order valence-electron chi connectivity index (χ0n) is 10.6. The Labute approximate surface area is 106 Å². The lowest BCUT2D eigenvalue weighted by Crippen LogP contribution is -2.16. The third-order valence-corrected chi connectivity index (χ3v) is 3.67. The molecular weight excluding hydrogens is 227 g/mol. The highest BCUT2D eigenvalue weighted by Crippen LogP contribution is 2.24. The van der Waals surface area contributed by atoms with E-state index in [1.54, 1.807) is 6.07 Å². The molecule has 0 saturated carbocycles. The van der Waals surface area contributed by atoms with Gasteiger partial charge < -0.3 is 5.32 Å². The fraction of sp³-hybridized carbons (Fsp3) is 0.400. The molecule has 1 aliphatic rings. The van der Waals surface area contributed by atoms with Crippen LogP contribution in [0.1, 0.15) is 23.7 Å². The van der Waals surface area contributed by atoms with Crippen LogP contribution in [-0.2, 0) is 19.3 Å². The van der Waals surface area contributed by atoms with Crippen LogP contribution in [0.2, 0.25) is 0 Å². The first kappa shape index (κ1) is 11.6. The van der Waals surface area contributed by atoms with Crippen LogP contribution in [-0.4, -0.2) is 18.1 Å². The normalized spacial score (nSPS) is 15.4. The fourth-order valence-electron chi connectivity index (χ4n) is 2.64. The molecule has 2 heterocycles. The van der Waals surface area contributed by atoms with E-state index in [0.29, 0.717) is 5.39 Å². The van der Waals surface area contributed by atoms with Crippen LogP contribution in [0.5, 0.6) is 0 Å². The third-order valence-electron chi connectivity index (χ3n) is 3.67. The highest BCUT2D eigenvalue weighted by atomic mass is 19.1. The van der Waals surface area contributed by atoms with Crippen molar-refractivity contribution in [1.29, 1.82) is 0 Å². The number of nitrogens with zero attached hydrogens (tertiary/aromatic N) is 1. The van der Waals surface area contributed by atoms with Crippen LogP contribution in [0.25, 0.3) is 10.9 Å². The Kier molecular flexibility index (Phi) is 3.00. The molecule has 18 heavy (non-hydrogen) atoms. The SMILES string of the molecule is CCc1ccc(F)c2cc3c(nc12)CCNCC3. The Hall–Kier alpha value is -1.48. The van der Waals surface area contributed by atoms with E-state index in [9.17, 15) is 4.39 Å². The van der Waals surface area contributed by atoms with Crippen molar-refractivity contribution in [3.8, 4) is 0 Å². The molecule has 0 fully saturated rings. The smallest absolute Gasteiger partial charge is 0.132 e. The first-order valence-electron chi connectivity index (χ1n) is 6.60. The van der Waals surface area contributed by atoms with Gasteiger partial charge in [0.1, 0.15) is 5.82 Å². The molecule has 0 amide bonds. The van der Waals surface area contributed by atoms with Gasteiger partial charge in [-0.2, -0.15) is 0 Å². The summed E-state index contributed by atoms with van der Waals surface area (Å²) in [6.07, 6.45) is 2.76. The number of nitrogens with one attached hydrogen (secondary N) is 1. The molecule has 94 valence electrons. The van der Waals surface area contributed by atoms with Gasteiger partial charge in [0.15, 0.2) is 0 Å². The number of aryl methyl sites for hydroxylation is 1. The number of benzene rings is 1. The summed E-state index contributed by atoms with van der Waals surface area (Å²) in [5.74, 6) is -0.158. The Morgan fingerprint density at radius 1 is 1.28 bits per heavy atom. The van der Waals surface area contributed by atoms with Crippen molar-refractivity contribution in [3.63, 3.8) is 0 Å². The van der Waals surface area contributed by atoms with Gasteiger partial charge in [0, 0.05) is 24.0 Å². The number of halogens is 1. The van der Waals surface area contributed by atoms with E-state index in [-0.39, 0.29) is 5.82 Å². The largest absolute Gasteiger partial charge is 0.316 e. The number of hydrogen-bond donors (Lipinski definition) is 1. The van der Waals surface area contributed by atoms with Gasteiger partial charge in [0.2, 0.25) is 0 Å². The average molecular weight is 244 g/mol. The molecule has 1 aromatic carbocycles. The summed E-state index contributed by atoms with van der Waals surface area (Å²) in [4.78, 5) is 4.73. The van der Waals surface area contributed by atoms with Crippen molar-refractivity contribution in [2.75, 3.05) is 13.1 Å². The maximum atomic E-state index is 13.9. The van der Waals surface area contributed by atoms with Crippen molar-refractivity contribution in [3.05, 3.63) is 40.8 Å². The van der Waals surface area contributed by atoms with Crippen LogP contribution >= 0.6 is 0 Å². The fourth-order valence-corrected chi connectivity index (χ4v) is 2.64. The predicted octanol–water partition coefficient (Wildman–Crippen LogP) is 2.62. The van der Waals surface area contributed by atoms with Crippen LogP contribution < -0.4 is 5.32 Å². The van der Waals surface area contributed by atoms with Gasteiger partial charge in [-0.25, -0.2) is 4.39 Å². The second-order valence-corrected chi connectivity index (χ2v) is 4.80. The zero-order valence-corrected chi connectivity index (χ0v) is 10.6. The molecular formula is C15H17FN2. The minimum atomic E-state index is -0.158. The van der Waals surface area contributed by atoms with Crippen molar-refractivity contribution in [2.24, 2.45) is 0 Å². The molecule has 0 aliphatic carbocycles. The van der Waals surface area contributed by atoms with Crippen LogP contribution in [0.4, 0.5) is 4.39 Å². The van der Waals surface area contributed by atoms with E-state index in [0.717, 1.165) is 49.1 Å². The highest BCUT2D eigenvalue weighted by Gasteiger charge is 2.13. The van der Waals surface area contributed by atoms with E-state index in [1.807, 2.05) is 12.1 Å². The summed E-state index contributed by atoms with van der Waals surface area (Å²) < 4.78 is 13.9. The van der Waals surface area contributed by atoms with Gasteiger partial charge >= 0.3 is 0 Å². The number of pyridine rings is 1. The number of fused-ring (bicyclic) bond motifs is 2. The van der Waals surface area contributed by atoms with Crippen molar-refractivity contribution in [1.82, 2.24) is 10.3 Å². The minimum absolute atomic E-state index is 0.158. The first-order chi connectivity index (χ1) is 8.79. The molecule has 3 rings (SSSR count). The lowest BCUT2D eigenvalue weighted by atomic mass is 10.0. The number of hydrogen-bond acceptors (Lipinski definition) is 2. The van der Waals surface area contributed by atoms with Crippen LogP contribution in [0.3, 0.4) is 0 Å². The summed E-state index contributed by atoms with van der Waals surface area (Å²) in [5, 5.41) is 4.03. The zero-order chi connectivity index (χ0) is 12.5. The van der Waals surface area contributed by atoms with E-state index in [1.165, 1.54) is 5.56 Å². The van der Waals surface area contributed by atoms with Crippen molar-refractivity contribution in [2.45, 2.75) is 26.2 Å². The van der Waals surface area contributed by atoms with Gasteiger partial charge in [-0.05, 0) is 42.6 Å². The second kappa shape index (κ2) is 4.65. The van der Waals surface area contributed by atoms with E-state index in [2.05, 4.69) is 12.2 Å². The molecule has 2 aromatic rings. The Balaban J connectivity index is 2.27.